The van der Waals surface area contributed by atoms with E-state index >= 15 is 0 Å². The van der Waals surface area contributed by atoms with Gasteiger partial charge in [0.1, 0.15) is 11.5 Å². The normalized spacial score (nSPS) is 10.6. The molecule has 0 saturated carbocycles. The lowest BCUT2D eigenvalue weighted by Gasteiger charge is -2.07. The molecule has 106 valence electrons. The zero-order chi connectivity index (χ0) is 14.7. The van der Waals surface area contributed by atoms with E-state index in [2.05, 4.69) is 15.5 Å². The third kappa shape index (κ3) is 3.03. The van der Waals surface area contributed by atoms with Crippen LogP contribution in [0.1, 0.15) is 5.69 Å². The summed E-state index contributed by atoms with van der Waals surface area (Å²) in [4.78, 5) is 1.53. The van der Waals surface area contributed by atoms with Crippen LogP contribution in [-0.2, 0) is 6.54 Å². The molecular formula is C15H12ClFN4. The Balaban J connectivity index is 1.74. The van der Waals surface area contributed by atoms with Crippen LogP contribution < -0.4 is 5.32 Å². The van der Waals surface area contributed by atoms with Gasteiger partial charge in [0, 0.05) is 0 Å². The molecule has 1 heterocycles. The minimum atomic E-state index is -0.391. The van der Waals surface area contributed by atoms with Crippen LogP contribution in [0.5, 0.6) is 0 Å². The number of hydrogen-bond donors (Lipinski definition) is 1. The molecule has 0 radical (unpaired) electrons. The van der Waals surface area contributed by atoms with E-state index in [9.17, 15) is 4.39 Å². The number of nitrogens with one attached hydrogen (secondary N) is 1. The Labute approximate surface area is 126 Å². The Morgan fingerprint density at radius 2 is 1.90 bits per heavy atom. The van der Waals surface area contributed by atoms with E-state index in [1.165, 1.54) is 10.9 Å². The van der Waals surface area contributed by atoms with E-state index in [1.807, 2.05) is 30.3 Å². The summed E-state index contributed by atoms with van der Waals surface area (Å²) in [5.74, 6) is -0.391. The van der Waals surface area contributed by atoms with Gasteiger partial charge in [-0.3, -0.25) is 0 Å². The molecule has 0 saturated heterocycles. The molecule has 0 bridgehead atoms. The molecule has 0 aliphatic heterocycles. The van der Waals surface area contributed by atoms with Gasteiger partial charge in [-0.15, -0.1) is 0 Å². The fraction of sp³-hybridized carbons (Fsp3) is 0.0667. The molecule has 6 heteroatoms. The van der Waals surface area contributed by atoms with E-state index in [4.69, 9.17) is 11.6 Å². The molecule has 0 fully saturated rings. The topological polar surface area (TPSA) is 42.7 Å². The molecule has 3 aromatic rings. The molecule has 1 aromatic heterocycles. The smallest absolute Gasteiger partial charge is 0.147 e. The third-order valence-corrected chi connectivity index (χ3v) is 3.25. The van der Waals surface area contributed by atoms with Crippen molar-refractivity contribution in [3.63, 3.8) is 0 Å². The zero-order valence-corrected chi connectivity index (χ0v) is 11.8. The maximum absolute atomic E-state index is 13.6. The molecule has 1 N–H and O–H groups in total. The summed E-state index contributed by atoms with van der Waals surface area (Å²) < 4.78 is 13.6. The number of aromatic nitrogens is 3. The van der Waals surface area contributed by atoms with Crippen LogP contribution in [0.2, 0.25) is 5.02 Å². The molecule has 0 spiro atoms. The Bertz CT molecular complexity index is 722. The van der Waals surface area contributed by atoms with Crippen molar-refractivity contribution in [2.24, 2.45) is 0 Å². The van der Waals surface area contributed by atoms with Crippen LogP contribution in [0.4, 0.5) is 10.1 Å². The van der Waals surface area contributed by atoms with E-state index in [-0.39, 0.29) is 5.69 Å². The fourth-order valence-corrected chi connectivity index (χ4v) is 2.14. The Morgan fingerprint density at radius 3 is 2.67 bits per heavy atom. The maximum Gasteiger partial charge on any atom is 0.147 e. The van der Waals surface area contributed by atoms with Crippen LogP contribution in [0, 0.1) is 5.82 Å². The minimum absolute atomic E-state index is 0.272. The second kappa shape index (κ2) is 5.93. The summed E-state index contributed by atoms with van der Waals surface area (Å²) in [6.45, 7) is 0.341. The monoisotopic (exact) mass is 302 g/mol. The highest BCUT2D eigenvalue weighted by Crippen LogP contribution is 2.24. The zero-order valence-electron chi connectivity index (χ0n) is 11.0. The Morgan fingerprint density at radius 1 is 1.10 bits per heavy atom. The average Bonchev–Trinajstić information content (AvgIpc) is 2.97. The van der Waals surface area contributed by atoms with Gasteiger partial charge in [-0.2, -0.15) is 15.0 Å². The highest BCUT2D eigenvalue weighted by Gasteiger charge is 2.08. The first-order valence-corrected chi connectivity index (χ1v) is 6.76. The van der Waals surface area contributed by atoms with Crippen LogP contribution >= 0.6 is 11.6 Å². The number of benzene rings is 2. The highest BCUT2D eigenvalue weighted by atomic mass is 35.5. The van der Waals surface area contributed by atoms with Gasteiger partial charge in [0.25, 0.3) is 0 Å². The SMILES string of the molecule is Fc1cccc(Cl)c1NCc1cnn(-c2ccccc2)n1. The van der Waals surface area contributed by atoms with Crippen molar-refractivity contribution >= 4 is 17.3 Å². The first-order valence-electron chi connectivity index (χ1n) is 6.38. The van der Waals surface area contributed by atoms with Crippen molar-refractivity contribution in [1.82, 2.24) is 15.0 Å². The van der Waals surface area contributed by atoms with Crippen LogP contribution in [0.25, 0.3) is 5.69 Å². The van der Waals surface area contributed by atoms with E-state index in [0.717, 1.165) is 5.69 Å². The molecule has 0 aliphatic rings. The first-order chi connectivity index (χ1) is 10.2. The van der Waals surface area contributed by atoms with Crippen molar-refractivity contribution in [1.29, 1.82) is 0 Å². The predicted molar refractivity (Wildman–Crippen MR) is 80.1 cm³/mol. The van der Waals surface area contributed by atoms with Gasteiger partial charge in [-0.05, 0) is 24.3 Å². The molecule has 21 heavy (non-hydrogen) atoms. The van der Waals surface area contributed by atoms with Crippen molar-refractivity contribution in [3.05, 3.63) is 71.3 Å². The van der Waals surface area contributed by atoms with Crippen LogP contribution in [-0.4, -0.2) is 15.0 Å². The third-order valence-electron chi connectivity index (χ3n) is 2.94. The largest absolute Gasteiger partial charge is 0.376 e. The van der Waals surface area contributed by atoms with Crippen molar-refractivity contribution in [3.8, 4) is 5.69 Å². The summed E-state index contributed by atoms with van der Waals surface area (Å²) in [6.07, 6.45) is 1.63. The van der Waals surface area contributed by atoms with Crippen molar-refractivity contribution in [2.75, 3.05) is 5.32 Å². The average molecular weight is 303 g/mol. The summed E-state index contributed by atoms with van der Waals surface area (Å²) in [7, 11) is 0. The first kappa shape index (κ1) is 13.6. The second-order valence-corrected chi connectivity index (χ2v) is 4.82. The van der Waals surface area contributed by atoms with Gasteiger partial charge in [0.15, 0.2) is 0 Å². The van der Waals surface area contributed by atoms with Gasteiger partial charge < -0.3 is 5.32 Å². The molecule has 3 rings (SSSR count). The Hall–Kier alpha value is -2.40. The number of halogens is 2. The van der Waals surface area contributed by atoms with E-state index in [1.54, 1.807) is 18.3 Å². The number of para-hydroxylation sites is 2. The van der Waals surface area contributed by atoms with Crippen molar-refractivity contribution in [2.45, 2.75) is 6.54 Å². The van der Waals surface area contributed by atoms with E-state index < -0.39 is 5.82 Å². The lowest BCUT2D eigenvalue weighted by Crippen LogP contribution is -2.04. The standard InChI is InChI=1S/C15H12ClFN4/c16-13-7-4-8-14(17)15(13)18-9-11-10-19-21(20-11)12-5-2-1-3-6-12/h1-8,10,18H,9H2. The molecule has 0 unspecified atom stereocenters. The quantitative estimate of drug-likeness (QED) is 0.799. The number of hydrogen-bond acceptors (Lipinski definition) is 3. The number of nitrogens with zero attached hydrogens (tertiary/aromatic N) is 3. The lowest BCUT2D eigenvalue weighted by atomic mass is 10.3. The van der Waals surface area contributed by atoms with Gasteiger partial charge in [-0.25, -0.2) is 4.39 Å². The minimum Gasteiger partial charge on any atom is -0.376 e. The highest BCUT2D eigenvalue weighted by molar-refractivity contribution is 6.33. The van der Waals surface area contributed by atoms with Crippen molar-refractivity contribution < 1.29 is 4.39 Å². The summed E-state index contributed by atoms with van der Waals surface area (Å²) in [5.41, 5.74) is 1.83. The summed E-state index contributed by atoms with van der Waals surface area (Å²) >= 11 is 5.95. The molecule has 0 amide bonds. The molecule has 4 nitrogen and oxygen atoms in total. The van der Waals surface area contributed by atoms with E-state index in [0.29, 0.717) is 17.3 Å². The summed E-state index contributed by atoms with van der Waals surface area (Å²) in [6, 6.07) is 14.1. The molecule has 0 atom stereocenters. The maximum atomic E-state index is 13.6. The van der Waals surface area contributed by atoms with Crippen LogP contribution in [0.3, 0.4) is 0 Å². The van der Waals surface area contributed by atoms with Crippen LogP contribution in [0.15, 0.2) is 54.7 Å². The molecular weight excluding hydrogens is 291 g/mol. The number of anilines is 1. The second-order valence-electron chi connectivity index (χ2n) is 4.41. The fourth-order valence-electron chi connectivity index (χ4n) is 1.91. The Kier molecular flexibility index (Phi) is 3.83. The predicted octanol–water partition coefficient (Wildman–Crippen LogP) is 3.67. The summed E-state index contributed by atoms with van der Waals surface area (Å²) in [5, 5.41) is 11.8. The van der Waals surface area contributed by atoms with Gasteiger partial charge in [-0.1, -0.05) is 35.9 Å². The molecule has 2 aromatic carbocycles. The van der Waals surface area contributed by atoms with Gasteiger partial charge in [0.05, 0.1) is 29.1 Å². The lowest BCUT2D eigenvalue weighted by molar-refractivity contribution is 0.630. The number of rotatable bonds is 4. The van der Waals surface area contributed by atoms with Gasteiger partial charge >= 0.3 is 0 Å². The van der Waals surface area contributed by atoms with Gasteiger partial charge in [0.2, 0.25) is 0 Å². The molecule has 0 aliphatic carbocycles.